The quantitative estimate of drug-likeness (QED) is 0.733. The molecule has 1 saturated heterocycles. The topological polar surface area (TPSA) is 68.5 Å². The Kier molecular flexibility index (Phi) is 5.03. The summed E-state index contributed by atoms with van der Waals surface area (Å²) >= 11 is 0. The minimum Gasteiger partial charge on any atom is -0.489 e. The Morgan fingerprint density at radius 2 is 1.96 bits per heavy atom. The Morgan fingerprint density at radius 3 is 2.78 bits per heavy atom. The summed E-state index contributed by atoms with van der Waals surface area (Å²) in [5.41, 5.74) is 8.68. The molecule has 0 radical (unpaired) electrons. The molecule has 2 heterocycles. The number of rotatable bonds is 6. The van der Waals surface area contributed by atoms with Crippen LogP contribution in [0.25, 0.3) is 10.9 Å². The Morgan fingerprint density at radius 1 is 1.15 bits per heavy atom. The Labute approximate surface area is 158 Å². The summed E-state index contributed by atoms with van der Waals surface area (Å²) in [4.78, 5) is 17.6. The molecule has 1 aromatic heterocycles. The lowest BCUT2D eigenvalue weighted by atomic mass is 9.98. The van der Waals surface area contributed by atoms with Crippen molar-refractivity contribution in [2.45, 2.75) is 18.9 Å². The first kappa shape index (κ1) is 17.5. The number of nitrogens with two attached hydrogens (primary N) is 1. The number of ether oxygens (including phenoxy) is 1. The predicted octanol–water partition coefficient (Wildman–Crippen LogP) is 3.09. The van der Waals surface area contributed by atoms with Gasteiger partial charge in [0.1, 0.15) is 12.4 Å². The van der Waals surface area contributed by atoms with Crippen molar-refractivity contribution >= 4 is 16.8 Å². The largest absolute Gasteiger partial charge is 0.489 e. The lowest BCUT2D eigenvalue weighted by molar-refractivity contribution is -0.118. The van der Waals surface area contributed by atoms with E-state index in [4.69, 9.17) is 10.5 Å². The van der Waals surface area contributed by atoms with Gasteiger partial charge in [0.25, 0.3) is 0 Å². The zero-order chi connectivity index (χ0) is 18.6. The predicted molar refractivity (Wildman–Crippen MR) is 106 cm³/mol. The number of amides is 1. The first-order valence-electron chi connectivity index (χ1n) is 9.25. The van der Waals surface area contributed by atoms with E-state index in [0.717, 1.165) is 41.7 Å². The van der Waals surface area contributed by atoms with E-state index in [2.05, 4.69) is 28.1 Å². The number of primary amides is 1. The van der Waals surface area contributed by atoms with Gasteiger partial charge in [0.15, 0.2) is 0 Å². The number of carbonyl (C=O) groups is 1. The van der Waals surface area contributed by atoms with Crippen molar-refractivity contribution in [3.63, 3.8) is 0 Å². The van der Waals surface area contributed by atoms with E-state index in [0.29, 0.717) is 19.1 Å². The molecule has 1 unspecified atom stereocenters. The van der Waals surface area contributed by atoms with Crippen LogP contribution in [0, 0.1) is 0 Å². The van der Waals surface area contributed by atoms with Crippen molar-refractivity contribution in [3.8, 4) is 5.75 Å². The maximum Gasteiger partial charge on any atom is 0.231 e. The zero-order valence-electron chi connectivity index (χ0n) is 15.2. The lowest BCUT2D eigenvalue weighted by Gasteiger charge is -2.14. The van der Waals surface area contributed by atoms with Gasteiger partial charge >= 0.3 is 0 Å². The monoisotopic (exact) mass is 361 g/mol. The third-order valence-corrected chi connectivity index (χ3v) is 5.14. The van der Waals surface area contributed by atoms with Crippen LogP contribution in [0.2, 0.25) is 0 Å². The fraction of sp³-hybridized carbons (Fsp3) is 0.273. The molecule has 138 valence electrons. The Hall–Kier alpha value is -2.92. The number of para-hydroxylation sites is 1. The van der Waals surface area contributed by atoms with Gasteiger partial charge in [0, 0.05) is 23.7 Å². The van der Waals surface area contributed by atoms with Gasteiger partial charge in [-0.1, -0.05) is 30.3 Å². The van der Waals surface area contributed by atoms with E-state index in [1.165, 1.54) is 5.56 Å². The number of likely N-dealkylation sites (tertiary alicyclic amines) is 1. The van der Waals surface area contributed by atoms with Gasteiger partial charge in [-0.25, -0.2) is 0 Å². The van der Waals surface area contributed by atoms with Crippen LogP contribution in [-0.2, 0) is 11.4 Å². The number of hydrogen-bond acceptors (Lipinski definition) is 4. The number of hydrogen-bond donors (Lipinski definition) is 1. The molecular formula is C22H23N3O2. The summed E-state index contributed by atoms with van der Waals surface area (Å²) in [6.07, 6.45) is 2.87. The second-order valence-corrected chi connectivity index (χ2v) is 7.03. The molecule has 5 nitrogen and oxygen atoms in total. The second-order valence-electron chi connectivity index (χ2n) is 7.03. The molecule has 0 saturated carbocycles. The van der Waals surface area contributed by atoms with Crippen molar-refractivity contribution in [3.05, 3.63) is 71.9 Å². The molecule has 0 bridgehead atoms. The van der Waals surface area contributed by atoms with E-state index in [1.54, 1.807) is 0 Å². The summed E-state index contributed by atoms with van der Waals surface area (Å²) in [5, 5.41) is 1.12. The van der Waals surface area contributed by atoms with E-state index >= 15 is 0 Å². The van der Waals surface area contributed by atoms with Crippen LogP contribution in [-0.4, -0.2) is 35.4 Å². The van der Waals surface area contributed by atoms with Crippen molar-refractivity contribution in [1.82, 2.24) is 9.88 Å². The SMILES string of the molecule is NC(=O)CN1CCC(c2ccc(OCc3ccnc4ccccc34)cc2)C1. The molecule has 4 rings (SSSR count). The van der Waals surface area contributed by atoms with Crippen LogP contribution in [0.5, 0.6) is 5.75 Å². The van der Waals surface area contributed by atoms with E-state index in [-0.39, 0.29) is 5.91 Å². The molecule has 2 aromatic carbocycles. The molecule has 0 aliphatic carbocycles. The Bertz CT molecular complexity index is 934. The van der Waals surface area contributed by atoms with Gasteiger partial charge in [-0.15, -0.1) is 0 Å². The summed E-state index contributed by atoms with van der Waals surface area (Å²) in [6, 6.07) is 18.4. The van der Waals surface area contributed by atoms with Crippen molar-refractivity contribution in [2.75, 3.05) is 19.6 Å². The summed E-state index contributed by atoms with van der Waals surface area (Å²) in [6.45, 7) is 2.66. The first-order valence-corrected chi connectivity index (χ1v) is 9.25. The third-order valence-electron chi connectivity index (χ3n) is 5.14. The molecule has 0 spiro atoms. The minimum atomic E-state index is -0.261. The van der Waals surface area contributed by atoms with Gasteiger partial charge < -0.3 is 10.5 Å². The van der Waals surface area contributed by atoms with Crippen LogP contribution in [0.3, 0.4) is 0 Å². The summed E-state index contributed by atoms with van der Waals surface area (Å²) in [5.74, 6) is 1.04. The number of carbonyl (C=O) groups excluding carboxylic acids is 1. The second kappa shape index (κ2) is 7.76. The number of pyridine rings is 1. The minimum absolute atomic E-state index is 0.261. The zero-order valence-corrected chi connectivity index (χ0v) is 15.2. The van der Waals surface area contributed by atoms with Crippen LogP contribution >= 0.6 is 0 Å². The maximum absolute atomic E-state index is 11.1. The normalized spacial score (nSPS) is 17.3. The van der Waals surface area contributed by atoms with Crippen LogP contribution < -0.4 is 10.5 Å². The first-order chi connectivity index (χ1) is 13.2. The molecule has 2 N–H and O–H groups in total. The molecule has 1 aliphatic heterocycles. The van der Waals surface area contributed by atoms with E-state index in [1.807, 2.05) is 42.6 Å². The van der Waals surface area contributed by atoms with Crippen LogP contribution in [0.4, 0.5) is 0 Å². The number of nitrogens with zero attached hydrogens (tertiary/aromatic N) is 2. The Balaban J connectivity index is 1.39. The van der Waals surface area contributed by atoms with Gasteiger partial charge in [-0.05, 0) is 48.7 Å². The molecule has 3 aromatic rings. The molecule has 1 amide bonds. The summed E-state index contributed by atoms with van der Waals surface area (Å²) < 4.78 is 5.99. The standard InChI is InChI=1S/C22H23N3O2/c23-22(26)14-25-12-10-17(13-25)16-5-7-19(8-6-16)27-15-18-9-11-24-21-4-2-1-3-20(18)21/h1-9,11,17H,10,12-15H2,(H2,23,26). The van der Waals surface area contributed by atoms with Crippen molar-refractivity contribution in [2.24, 2.45) is 5.73 Å². The highest BCUT2D eigenvalue weighted by Gasteiger charge is 2.24. The maximum atomic E-state index is 11.1. The van der Waals surface area contributed by atoms with Gasteiger partial charge in [-0.3, -0.25) is 14.7 Å². The van der Waals surface area contributed by atoms with E-state index < -0.39 is 0 Å². The highest BCUT2D eigenvalue weighted by molar-refractivity contribution is 5.81. The number of benzene rings is 2. The van der Waals surface area contributed by atoms with Crippen molar-refractivity contribution < 1.29 is 9.53 Å². The van der Waals surface area contributed by atoms with Gasteiger partial charge in [-0.2, -0.15) is 0 Å². The summed E-state index contributed by atoms with van der Waals surface area (Å²) in [7, 11) is 0. The van der Waals surface area contributed by atoms with E-state index in [9.17, 15) is 4.79 Å². The fourth-order valence-corrected chi connectivity index (χ4v) is 3.75. The van der Waals surface area contributed by atoms with Gasteiger partial charge in [0.2, 0.25) is 5.91 Å². The molecular weight excluding hydrogens is 338 g/mol. The van der Waals surface area contributed by atoms with Crippen molar-refractivity contribution in [1.29, 1.82) is 0 Å². The number of aromatic nitrogens is 1. The molecule has 1 atom stereocenters. The number of fused-ring (bicyclic) bond motifs is 1. The smallest absolute Gasteiger partial charge is 0.231 e. The molecule has 27 heavy (non-hydrogen) atoms. The molecule has 1 aliphatic rings. The highest BCUT2D eigenvalue weighted by atomic mass is 16.5. The lowest BCUT2D eigenvalue weighted by Crippen LogP contribution is -2.31. The van der Waals surface area contributed by atoms with Gasteiger partial charge in [0.05, 0.1) is 12.1 Å². The fourth-order valence-electron chi connectivity index (χ4n) is 3.75. The van der Waals surface area contributed by atoms with Crippen LogP contribution in [0.1, 0.15) is 23.5 Å². The third kappa shape index (κ3) is 4.09. The van der Waals surface area contributed by atoms with Crippen LogP contribution in [0.15, 0.2) is 60.8 Å². The highest BCUT2D eigenvalue weighted by Crippen LogP contribution is 2.28. The molecule has 1 fully saturated rings. The average molecular weight is 361 g/mol. The molecule has 5 heteroatoms. The average Bonchev–Trinajstić information content (AvgIpc) is 3.14.